The van der Waals surface area contributed by atoms with Gasteiger partial charge in [0.15, 0.2) is 0 Å². The second-order valence-electron chi connectivity index (χ2n) is 4.18. The van der Waals surface area contributed by atoms with E-state index in [9.17, 15) is 0 Å². The van der Waals surface area contributed by atoms with E-state index in [1.165, 1.54) is 6.42 Å². The normalized spacial score (nSPS) is 10.8. The van der Waals surface area contributed by atoms with Crippen LogP contribution in [0.25, 0.3) is 10.2 Å². The van der Waals surface area contributed by atoms with Crippen LogP contribution in [-0.4, -0.2) is 36.8 Å². The van der Waals surface area contributed by atoms with Gasteiger partial charge in [0.1, 0.15) is 10.6 Å². The Hall–Kier alpha value is -1.40. The predicted octanol–water partition coefficient (Wildman–Crippen LogP) is 2.96. The fourth-order valence-corrected chi connectivity index (χ4v) is 2.46. The lowest BCUT2D eigenvalue weighted by Crippen LogP contribution is -2.12. The third-order valence-corrected chi connectivity index (χ3v) is 3.54. The summed E-state index contributed by atoms with van der Waals surface area (Å²) in [5.41, 5.74) is 0. The van der Waals surface area contributed by atoms with Crippen LogP contribution in [0.15, 0.2) is 11.4 Å². The van der Waals surface area contributed by atoms with Gasteiger partial charge in [0.25, 0.3) is 0 Å². The van der Waals surface area contributed by atoms with Crippen molar-refractivity contribution in [2.24, 2.45) is 0 Å². The van der Waals surface area contributed by atoms with Gasteiger partial charge >= 0.3 is 0 Å². The monoisotopic (exact) mass is 280 g/mol. The van der Waals surface area contributed by atoms with Crippen LogP contribution in [0.3, 0.4) is 0 Å². The summed E-state index contributed by atoms with van der Waals surface area (Å²) in [6, 6.07) is 2.04. The number of unbranched alkanes of at least 4 members (excludes halogenated alkanes) is 1. The van der Waals surface area contributed by atoms with E-state index < -0.39 is 0 Å². The van der Waals surface area contributed by atoms with Crippen LogP contribution in [0.4, 0.5) is 11.8 Å². The van der Waals surface area contributed by atoms with Gasteiger partial charge in [0, 0.05) is 20.2 Å². The van der Waals surface area contributed by atoms with Crippen molar-refractivity contribution in [2.75, 3.05) is 37.4 Å². The zero-order valence-electron chi connectivity index (χ0n) is 11.4. The number of ether oxygens (including phenoxy) is 1. The molecule has 0 aromatic carbocycles. The number of hydrogen-bond acceptors (Lipinski definition) is 6. The Morgan fingerprint density at radius 1 is 1.32 bits per heavy atom. The minimum absolute atomic E-state index is 0.643. The van der Waals surface area contributed by atoms with Gasteiger partial charge in [-0.05, 0) is 17.9 Å². The summed E-state index contributed by atoms with van der Waals surface area (Å²) in [7, 11) is 1.83. The Bertz CT molecular complexity index is 514. The Morgan fingerprint density at radius 3 is 3.00 bits per heavy atom. The van der Waals surface area contributed by atoms with Gasteiger partial charge in [-0.25, -0.2) is 4.98 Å². The molecule has 2 aromatic rings. The van der Waals surface area contributed by atoms with Crippen LogP contribution in [-0.2, 0) is 4.74 Å². The molecule has 19 heavy (non-hydrogen) atoms. The van der Waals surface area contributed by atoms with Crippen molar-refractivity contribution in [2.45, 2.75) is 19.8 Å². The Labute approximate surface area is 117 Å². The molecule has 2 aromatic heterocycles. The van der Waals surface area contributed by atoms with E-state index in [0.717, 1.165) is 35.6 Å². The highest BCUT2D eigenvalue weighted by molar-refractivity contribution is 7.16. The first kappa shape index (κ1) is 14.0. The van der Waals surface area contributed by atoms with Gasteiger partial charge in [0.05, 0.1) is 12.0 Å². The van der Waals surface area contributed by atoms with E-state index in [1.54, 1.807) is 11.3 Å². The van der Waals surface area contributed by atoms with Crippen molar-refractivity contribution in [3.8, 4) is 0 Å². The van der Waals surface area contributed by atoms with Crippen molar-refractivity contribution in [1.29, 1.82) is 0 Å². The van der Waals surface area contributed by atoms with E-state index >= 15 is 0 Å². The molecule has 2 heterocycles. The molecule has 0 saturated carbocycles. The molecule has 0 aliphatic heterocycles. The summed E-state index contributed by atoms with van der Waals surface area (Å²) in [6.45, 7) is 4.45. The summed E-state index contributed by atoms with van der Waals surface area (Å²) in [5.74, 6) is 1.51. The number of aromatic nitrogens is 2. The highest BCUT2D eigenvalue weighted by Crippen LogP contribution is 2.26. The lowest BCUT2D eigenvalue weighted by Gasteiger charge is -2.09. The van der Waals surface area contributed by atoms with Gasteiger partial charge < -0.3 is 15.4 Å². The quantitative estimate of drug-likeness (QED) is 0.728. The smallest absolute Gasteiger partial charge is 0.225 e. The van der Waals surface area contributed by atoms with Crippen LogP contribution in [0.1, 0.15) is 19.8 Å². The van der Waals surface area contributed by atoms with E-state index in [-0.39, 0.29) is 0 Å². The third kappa shape index (κ3) is 3.78. The fraction of sp³-hybridized carbons (Fsp3) is 0.538. The first-order valence-corrected chi connectivity index (χ1v) is 7.47. The molecule has 0 unspecified atom stereocenters. The zero-order valence-corrected chi connectivity index (χ0v) is 12.2. The summed E-state index contributed by atoms with van der Waals surface area (Å²) in [5, 5.41) is 9.39. The number of thiophene rings is 1. The van der Waals surface area contributed by atoms with Crippen LogP contribution >= 0.6 is 11.3 Å². The highest BCUT2D eigenvalue weighted by atomic mass is 32.1. The first-order chi connectivity index (χ1) is 9.35. The average molecular weight is 280 g/mol. The summed E-state index contributed by atoms with van der Waals surface area (Å²) in [4.78, 5) is 9.85. The lowest BCUT2D eigenvalue weighted by atomic mass is 10.3. The topological polar surface area (TPSA) is 59.1 Å². The molecule has 0 atom stereocenters. The largest absolute Gasteiger partial charge is 0.380 e. The molecular weight excluding hydrogens is 260 g/mol. The van der Waals surface area contributed by atoms with E-state index in [2.05, 4.69) is 27.5 Å². The molecule has 2 rings (SSSR count). The molecular formula is C13H20N4OS. The third-order valence-electron chi connectivity index (χ3n) is 2.73. The maximum absolute atomic E-state index is 5.53. The Kier molecular flexibility index (Phi) is 5.35. The number of nitrogens with one attached hydrogen (secondary N) is 2. The predicted molar refractivity (Wildman–Crippen MR) is 81.2 cm³/mol. The molecule has 2 N–H and O–H groups in total. The van der Waals surface area contributed by atoms with Gasteiger partial charge in [-0.15, -0.1) is 11.3 Å². The van der Waals surface area contributed by atoms with Crippen LogP contribution in [0, 0.1) is 0 Å². The minimum atomic E-state index is 0.643. The number of anilines is 2. The SMILES string of the molecule is CCCCOCCNc1nc(NC)nc2sccc12. The lowest BCUT2D eigenvalue weighted by molar-refractivity contribution is 0.141. The number of rotatable bonds is 8. The number of fused-ring (bicyclic) bond motifs is 1. The van der Waals surface area contributed by atoms with Crippen LogP contribution < -0.4 is 10.6 Å². The summed E-state index contributed by atoms with van der Waals surface area (Å²) < 4.78 is 5.53. The number of hydrogen-bond donors (Lipinski definition) is 2. The molecule has 6 heteroatoms. The van der Waals surface area contributed by atoms with Crippen molar-refractivity contribution < 1.29 is 4.74 Å². The van der Waals surface area contributed by atoms with Crippen molar-refractivity contribution in [3.05, 3.63) is 11.4 Å². The summed E-state index contributed by atoms with van der Waals surface area (Å²) >= 11 is 1.62. The Morgan fingerprint density at radius 2 is 2.21 bits per heavy atom. The zero-order chi connectivity index (χ0) is 13.5. The molecule has 104 valence electrons. The molecule has 0 bridgehead atoms. The fourth-order valence-electron chi connectivity index (χ4n) is 1.69. The maximum atomic E-state index is 5.53. The highest BCUT2D eigenvalue weighted by Gasteiger charge is 2.07. The maximum Gasteiger partial charge on any atom is 0.225 e. The second-order valence-corrected chi connectivity index (χ2v) is 5.07. The first-order valence-electron chi connectivity index (χ1n) is 6.59. The molecule has 0 radical (unpaired) electrons. The molecule has 5 nitrogen and oxygen atoms in total. The van der Waals surface area contributed by atoms with E-state index in [0.29, 0.717) is 12.6 Å². The molecule has 0 aliphatic carbocycles. The van der Waals surface area contributed by atoms with Crippen LogP contribution in [0.5, 0.6) is 0 Å². The average Bonchev–Trinajstić information content (AvgIpc) is 2.90. The van der Waals surface area contributed by atoms with Gasteiger partial charge in [0.2, 0.25) is 5.95 Å². The van der Waals surface area contributed by atoms with Crippen molar-refractivity contribution in [1.82, 2.24) is 9.97 Å². The van der Waals surface area contributed by atoms with Gasteiger partial charge in [-0.3, -0.25) is 0 Å². The van der Waals surface area contributed by atoms with Gasteiger partial charge in [-0.1, -0.05) is 13.3 Å². The Balaban J connectivity index is 1.93. The molecule has 0 spiro atoms. The van der Waals surface area contributed by atoms with Crippen LogP contribution in [0.2, 0.25) is 0 Å². The second kappa shape index (κ2) is 7.25. The van der Waals surface area contributed by atoms with E-state index in [4.69, 9.17) is 4.74 Å². The standard InChI is InChI=1S/C13H20N4OS/c1-3-4-7-18-8-6-15-11-10-5-9-19-12(10)17-13(14-2)16-11/h5,9H,3-4,6-8H2,1-2H3,(H2,14,15,16,17). The molecule has 0 fully saturated rings. The minimum Gasteiger partial charge on any atom is -0.380 e. The van der Waals surface area contributed by atoms with Gasteiger partial charge in [-0.2, -0.15) is 4.98 Å². The van der Waals surface area contributed by atoms with Crippen molar-refractivity contribution in [3.63, 3.8) is 0 Å². The molecule has 0 aliphatic rings. The van der Waals surface area contributed by atoms with Crippen molar-refractivity contribution >= 4 is 33.3 Å². The van der Waals surface area contributed by atoms with E-state index in [1.807, 2.05) is 18.5 Å². The number of nitrogens with zero attached hydrogens (tertiary/aromatic N) is 2. The summed E-state index contributed by atoms with van der Waals surface area (Å²) in [6.07, 6.45) is 2.28. The molecule has 0 amide bonds. The molecule has 0 saturated heterocycles.